The van der Waals surface area contributed by atoms with E-state index in [1.807, 2.05) is 29.0 Å². The lowest BCUT2D eigenvalue weighted by atomic mass is 10.1. The fourth-order valence-corrected chi connectivity index (χ4v) is 3.85. The summed E-state index contributed by atoms with van der Waals surface area (Å²) in [5.41, 5.74) is 3.73. The van der Waals surface area contributed by atoms with Crippen molar-refractivity contribution in [3.05, 3.63) is 72.9 Å². The molecule has 1 atom stereocenters. The molecular formula is C23H21FN4O. The minimum Gasteiger partial charge on any atom is -0.376 e. The van der Waals surface area contributed by atoms with Gasteiger partial charge in [-0.1, -0.05) is 30.3 Å². The van der Waals surface area contributed by atoms with E-state index in [4.69, 9.17) is 4.74 Å². The van der Waals surface area contributed by atoms with E-state index < -0.39 is 0 Å². The lowest BCUT2D eigenvalue weighted by molar-refractivity contribution is 0.120. The minimum atomic E-state index is -0.262. The molecule has 5 nitrogen and oxygen atoms in total. The van der Waals surface area contributed by atoms with Crippen LogP contribution in [0, 0.1) is 5.82 Å². The van der Waals surface area contributed by atoms with Crippen LogP contribution >= 0.6 is 0 Å². The van der Waals surface area contributed by atoms with Crippen molar-refractivity contribution < 1.29 is 9.13 Å². The van der Waals surface area contributed by atoms with Gasteiger partial charge in [0.25, 0.3) is 0 Å². The van der Waals surface area contributed by atoms with E-state index in [-0.39, 0.29) is 11.9 Å². The van der Waals surface area contributed by atoms with E-state index in [2.05, 4.69) is 27.4 Å². The molecule has 0 spiro atoms. The number of nitrogens with one attached hydrogen (secondary N) is 1. The Morgan fingerprint density at radius 3 is 2.66 bits per heavy atom. The largest absolute Gasteiger partial charge is 0.376 e. The summed E-state index contributed by atoms with van der Waals surface area (Å²) in [6, 6.07) is 16.6. The molecule has 29 heavy (non-hydrogen) atoms. The first kappa shape index (κ1) is 17.8. The highest BCUT2D eigenvalue weighted by molar-refractivity contribution is 6.02. The van der Waals surface area contributed by atoms with Crippen molar-refractivity contribution >= 4 is 16.9 Å². The van der Waals surface area contributed by atoms with Crippen LogP contribution in [-0.4, -0.2) is 33.8 Å². The second-order valence-corrected chi connectivity index (χ2v) is 7.19. The predicted molar refractivity (Wildman–Crippen MR) is 112 cm³/mol. The van der Waals surface area contributed by atoms with Gasteiger partial charge in [-0.3, -0.25) is 0 Å². The zero-order valence-electron chi connectivity index (χ0n) is 15.9. The smallest absolute Gasteiger partial charge is 0.150 e. The fraction of sp³-hybridized carbons (Fsp3) is 0.217. The van der Waals surface area contributed by atoms with Crippen LogP contribution in [0.5, 0.6) is 0 Å². The van der Waals surface area contributed by atoms with Gasteiger partial charge >= 0.3 is 0 Å². The van der Waals surface area contributed by atoms with Crippen LogP contribution in [0.25, 0.3) is 27.8 Å². The maximum Gasteiger partial charge on any atom is 0.150 e. The summed E-state index contributed by atoms with van der Waals surface area (Å²) in [4.78, 5) is 9.08. The number of halogens is 1. The molecule has 0 amide bonds. The molecule has 6 heteroatoms. The van der Waals surface area contributed by atoms with Crippen LogP contribution in [-0.2, 0) is 4.74 Å². The van der Waals surface area contributed by atoms with E-state index in [1.165, 1.54) is 12.1 Å². The number of anilines is 1. The topological polar surface area (TPSA) is 52.0 Å². The van der Waals surface area contributed by atoms with Gasteiger partial charge in [-0.15, -0.1) is 0 Å². The number of hydrogen-bond donors (Lipinski definition) is 1. The third kappa shape index (κ3) is 3.47. The standard InChI is InChI=1S/C23H21FN4O/c24-17-8-10-18(11-9-17)28-14-20(16-5-2-1-3-6-16)21-22(26-15-27-23(21)28)25-13-19-7-4-12-29-19/h1-3,5-6,8-11,14-15,19H,4,7,12-13H2,(H,25,26,27)/t19-/m0/s1. The Bertz CT molecular complexity index is 1120. The average molecular weight is 388 g/mol. The van der Waals surface area contributed by atoms with Gasteiger partial charge in [-0.2, -0.15) is 0 Å². The number of ether oxygens (including phenoxy) is 1. The van der Waals surface area contributed by atoms with E-state index >= 15 is 0 Å². The number of benzene rings is 2. The van der Waals surface area contributed by atoms with Crippen LogP contribution in [0.4, 0.5) is 10.2 Å². The second-order valence-electron chi connectivity index (χ2n) is 7.19. The number of rotatable bonds is 5. The molecule has 0 unspecified atom stereocenters. The fourth-order valence-electron chi connectivity index (χ4n) is 3.85. The second kappa shape index (κ2) is 7.64. The highest BCUT2D eigenvalue weighted by atomic mass is 19.1. The molecule has 1 aliphatic heterocycles. The zero-order valence-corrected chi connectivity index (χ0v) is 15.9. The molecule has 1 aliphatic rings. The van der Waals surface area contributed by atoms with Crippen LogP contribution in [0.15, 0.2) is 67.1 Å². The minimum absolute atomic E-state index is 0.208. The van der Waals surface area contributed by atoms with Crippen molar-refractivity contribution in [3.8, 4) is 16.8 Å². The van der Waals surface area contributed by atoms with E-state index in [0.717, 1.165) is 53.1 Å². The van der Waals surface area contributed by atoms with Gasteiger partial charge in [0.05, 0.1) is 11.5 Å². The lowest BCUT2D eigenvalue weighted by Gasteiger charge is -2.12. The Labute approximate surface area is 168 Å². The summed E-state index contributed by atoms with van der Waals surface area (Å²) in [6.07, 6.45) is 5.97. The molecular weight excluding hydrogens is 367 g/mol. The predicted octanol–water partition coefficient (Wildman–Crippen LogP) is 4.82. The Morgan fingerprint density at radius 2 is 1.90 bits per heavy atom. The number of hydrogen-bond acceptors (Lipinski definition) is 4. The highest BCUT2D eigenvalue weighted by Crippen LogP contribution is 2.35. The number of fused-ring (bicyclic) bond motifs is 1. The maximum absolute atomic E-state index is 13.4. The Kier molecular flexibility index (Phi) is 4.69. The van der Waals surface area contributed by atoms with Crippen LogP contribution in [0.2, 0.25) is 0 Å². The molecule has 2 aromatic carbocycles. The molecule has 1 saturated heterocycles. The van der Waals surface area contributed by atoms with Crippen molar-refractivity contribution in [1.82, 2.24) is 14.5 Å². The van der Waals surface area contributed by atoms with Crippen molar-refractivity contribution in [3.63, 3.8) is 0 Å². The monoisotopic (exact) mass is 388 g/mol. The number of nitrogens with zero attached hydrogens (tertiary/aromatic N) is 3. The van der Waals surface area contributed by atoms with Crippen molar-refractivity contribution in [2.45, 2.75) is 18.9 Å². The summed E-state index contributed by atoms with van der Waals surface area (Å²) < 4.78 is 21.2. The SMILES string of the molecule is Fc1ccc(-n2cc(-c3ccccc3)c3c(NC[C@@H]4CCCO4)ncnc32)cc1. The molecule has 3 heterocycles. The first-order chi connectivity index (χ1) is 14.3. The summed E-state index contributed by atoms with van der Waals surface area (Å²) in [5.74, 6) is 0.521. The van der Waals surface area contributed by atoms with E-state index in [0.29, 0.717) is 6.54 Å². The maximum atomic E-state index is 13.4. The molecule has 146 valence electrons. The third-order valence-electron chi connectivity index (χ3n) is 5.29. The first-order valence-electron chi connectivity index (χ1n) is 9.82. The van der Waals surface area contributed by atoms with Crippen LogP contribution in [0.1, 0.15) is 12.8 Å². The van der Waals surface area contributed by atoms with Crippen LogP contribution in [0.3, 0.4) is 0 Å². The summed E-state index contributed by atoms with van der Waals surface area (Å²) >= 11 is 0. The molecule has 0 radical (unpaired) electrons. The van der Waals surface area contributed by atoms with Crippen molar-refractivity contribution in [1.29, 1.82) is 0 Å². The molecule has 1 fully saturated rings. The average Bonchev–Trinajstić information content (AvgIpc) is 3.42. The van der Waals surface area contributed by atoms with Gasteiger partial charge in [-0.25, -0.2) is 14.4 Å². The summed E-state index contributed by atoms with van der Waals surface area (Å²) in [7, 11) is 0. The van der Waals surface area contributed by atoms with Crippen molar-refractivity contribution in [2.24, 2.45) is 0 Å². The Hall–Kier alpha value is -3.25. The summed E-state index contributed by atoms with van der Waals surface area (Å²) in [5, 5.41) is 4.41. The zero-order chi connectivity index (χ0) is 19.6. The lowest BCUT2D eigenvalue weighted by Crippen LogP contribution is -2.19. The van der Waals surface area contributed by atoms with Gasteiger partial charge in [0.15, 0.2) is 5.65 Å². The highest BCUT2D eigenvalue weighted by Gasteiger charge is 2.19. The molecule has 0 saturated carbocycles. The normalized spacial score (nSPS) is 16.4. The van der Waals surface area contributed by atoms with Gasteiger partial charge < -0.3 is 14.6 Å². The van der Waals surface area contributed by atoms with Crippen molar-refractivity contribution in [2.75, 3.05) is 18.5 Å². The van der Waals surface area contributed by atoms with Gasteiger partial charge in [0, 0.05) is 30.6 Å². The third-order valence-corrected chi connectivity index (χ3v) is 5.29. The van der Waals surface area contributed by atoms with Gasteiger partial charge in [0.2, 0.25) is 0 Å². The van der Waals surface area contributed by atoms with E-state index in [1.54, 1.807) is 18.5 Å². The molecule has 2 aromatic heterocycles. The van der Waals surface area contributed by atoms with Gasteiger partial charge in [-0.05, 0) is 42.7 Å². The van der Waals surface area contributed by atoms with Crippen LogP contribution < -0.4 is 5.32 Å². The Morgan fingerprint density at radius 1 is 1.07 bits per heavy atom. The van der Waals surface area contributed by atoms with E-state index in [9.17, 15) is 4.39 Å². The molecule has 0 bridgehead atoms. The molecule has 0 aliphatic carbocycles. The molecule has 1 N–H and O–H groups in total. The Balaban J connectivity index is 1.65. The quantitative estimate of drug-likeness (QED) is 0.533. The number of aromatic nitrogens is 3. The summed E-state index contributed by atoms with van der Waals surface area (Å²) in [6.45, 7) is 1.53. The molecule has 5 rings (SSSR count). The molecule has 4 aromatic rings. The van der Waals surface area contributed by atoms with Gasteiger partial charge in [0.1, 0.15) is 18.0 Å². The first-order valence-corrected chi connectivity index (χ1v) is 9.82.